The van der Waals surface area contributed by atoms with Crippen molar-refractivity contribution in [1.29, 1.82) is 5.26 Å². The summed E-state index contributed by atoms with van der Waals surface area (Å²) >= 11 is 5.95. The van der Waals surface area contributed by atoms with Gasteiger partial charge in [0, 0.05) is 29.6 Å². The SMILES string of the molecule is N#Cc1ccc(C(=O)Nc2ccc(CNc3cccc(Cl)c3)cn2)nc1. The Morgan fingerprint density at radius 1 is 1.12 bits per heavy atom. The van der Waals surface area contributed by atoms with E-state index in [2.05, 4.69) is 20.6 Å². The Kier molecular flexibility index (Phi) is 5.42. The third kappa shape index (κ3) is 4.56. The molecule has 0 aliphatic rings. The van der Waals surface area contributed by atoms with Crippen molar-refractivity contribution in [2.24, 2.45) is 0 Å². The number of nitrogens with zero attached hydrogens (tertiary/aromatic N) is 3. The van der Waals surface area contributed by atoms with Gasteiger partial charge >= 0.3 is 0 Å². The highest BCUT2D eigenvalue weighted by Crippen LogP contribution is 2.16. The maximum absolute atomic E-state index is 12.1. The Labute approximate surface area is 155 Å². The summed E-state index contributed by atoms with van der Waals surface area (Å²) < 4.78 is 0. The summed E-state index contributed by atoms with van der Waals surface area (Å²) in [5.74, 6) is 0.0412. The highest BCUT2D eigenvalue weighted by Gasteiger charge is 2.08. The molecule has 7 heteroatoms. The van der Waals surface area contributed by atoms with Gasteiger partial charge in [0.05, 0.1) is 5.56 Å². The van der Waals surface area contributed by atoms with Gasteiger partial charge in [-0.2, -0.15) is 5.26 Å². The second-order valence-electron chi connectivity index (χ2n) is 5.41. The molecule has 26 heavy (non-hydrogen) atoms. The molecule has 0 unspecified atom stereocenters. The molecule has 1 amide bonds. The summed E-state index contributed by atoms with van der Waals surface area (Å²) in [4.78, 5) is 20.3. The van der Waals surface area contributed by atoms with Gasteiger partial charge in [0.2, 0.25) is 0 Å². The lowest BCUT2D eigenvalue weighted by Crippen LogP contribution is -2.14. The minimum absolute atomic E-state index is 0.220. The molecule has 0 atom stereocenters. The minimum atomic E-state index is -0.383. The van der Waals surface area contributed by atoms with E-state index in [0.29, 0.717) is 22.9 Å². The van der Waals surface area contributed by atoms with E-state index in [0.717, 1.165) is 11.3 Å². The molecule has 0 saturated carbocycles. The normalized spacial score (nSPS) is 10.0. The van der Waals surface area contributed by atoms with E-state index in [9.17, 15) is 4.79 Å². The maximum atomic E-state index is 12.1. The topological polar surface area (TPSA) is 90.7 Å². The quantitative estimate of drug-likeness (QED) is 0.718. The van der Waals surface area contributed by atoms with Crippen LogP contribution in [0.4, 0.5) is 11.5 Å². The zero-order valence-electron chi connectivity index (χ0n) is 13.6. The van der Waals surface area contributed by atoms with E-state index in [1.165, 1.54) is 12.3 Å². The fourth-order valence-corrected chi connectivity index (χ4v) is 2.37. The Bertz CT molecular complexity index is 949. The fourth-order valence-electron chi connectivity index (χ4n) is 2.18. The van der Waals surface area contributed by atoms with Crippen LogP contribution < -0.4 is 10.6 Å². The molecule has 128 valence electrons. The second kappa shape index (κ2) is 8.10. The summed E-state index contributed by atoms with van der Waals surface area (Å²) in [6, 6.07) is 16.0. The average Bonchev–Trinajstić information content (AvgIpc) is 2.67. The molecule has 6 nitrogen and oxygen atoms in total. The summed E-state index contributed by atoms with van der Waals surface area (Å²) in [6.07, 6.45) is 3.03. The monoisotopic (exact) mass is 363 g/mol. The van der Waals surface area contributed by atoms with Crippen LogP contribution in [0.5, 0.6) is 0 Å². The van der Waals surface area contributed by atoms with E-state index in [-0.39, 0.29) is 11.6 Å². The number of hydrogen-bond donors (Lipinski definition) is 2. The van der Waals surface area contributed by atoms with Gasteiger partial charge in [0.1, 0.15) is 17.6 Å². The standard InChI is InChI=1S/C19H14ClN5O/c20-15-2-1-3-16(8-15)22-11-14-5-7-18(24-12-14)25-19(26)17-6-4-13(9-21)10-23-17/h1-8,10,12,22H,11H2,(H,24,25,26). The van der Waals surface area contributed by atoms with Gasteiger partial charge in [-0.1, -0.05) is 23.7 Å². The zero-order valence-corrected chi connectivity index (χ0v) is 14.4. The number of amides is 1. The van der Waals surface area contributed by atoms with Crippen molar-refractivity contribution in [2.75, 3.05) is 10.6 Å². The molecule has 2 heterocycles. The maximum Gasteiger partial charge on any atom is 0.275 e. The molecular weight excluding hydrogens is 350 g/mol. The van der Waals surface area contributed by atoms with Gasteiger partial charge in [-0.25, -0.2) is 9.97 Å². The van der Waals surface area contributed by atoms with Crippen LogP contribution in [0.15, 0.2) is 60.9 Å². The number of halogens is 1. The van der Waals surface area contributed by atoms with Crippen LogP contribution in [0.1, 0.15) is 21.6 Å². The van der Waals surface area contributed by atoms with Gasteiger partial charge in [0.15, 0.2) is 0 Å². The fraction of sp³-hybridized carbons (Fsp3) is 0.0526. The molecule has 3 aromatic rings. The molecule has 0 fully saturated rings. The highest BCUT2D eigenvalue weighted by atomic mass is 35.5. The number of aromatic nitrogens is 2. The van der Waals surface area contributed by atoms with Crippen molar-refractivity contribution in [1.82, 2.24) is 9.97 Å². The minimum Gasteiger partial charge on any atom is -0.381 e. The second-order valence-corrected chi connectivity index (χ2v) is 5.85. The number of hydrogen-bond acceptors (Lipinski definition) is 5. The van der Waals surface area contributed by atoms with Crippen molar-refractivity contribution < 1.29 is 4.79 Å². The van der Waals surface area contributed by atoms with E-state index >= 15 is 0 Å². The van der Waals surface area contributed by atoms with E-state index < -0.39 is 0 Å². The Hall–Kier alpha value is -3.43. The van der Waals surface area contributed by atoms with Crippen LogP contribution in [0.2, 0.25) is 5.02 Å². The van der Waals surface area contributed by atoms with Crippen LogP contribution in [-0.4, -0.2) is 15.9 Å². The van der Waals surface area contributed by atoms with Crippen LogP contribution in [0.3, 0.4) is 0 Å². The van der Waals surface area contributed by atoms with Gasteiger partial charge in [-0.3, -0.25) is 4.79 Å². The molecular formula is C19H14ClN5O. The number of nitrogens with one attached hydrogen (secondary N) is 2. The molecule has 0 spiro atoms. The summed E-state index contributed by atoms with van der Waals surface area (Å²) in [6.45, 7) is 0.582. The lowest BCUT2D eigenvalue weighted by molar-refractivity contribution is 0.102. The van der Waals surface area contributed by atoms with Crippen molar-refractivity contribution in [3.63, 3.8) is 0 Å². The van der Waals surface area contributed by atoms with Crippen LogP contribution in [-0.2, 0) is 6.54 Å². The number of nitriles is 1. The Balaban J connectivity index is 1.58. The third-order valence-corrected chi connectivity index (χ3v) is 3.75. The molecule has 0 saturated heterocycles. The third-order valence-electron chi connectivity index (χ3n) is 3.51. The van der Waals surface area contributed by atoms with E-state index in [1.807, 2.05) is 36.4 Å². The predicted octanol–water partition coefficient (Wildman–Crippen LogP) is 3.87. The Morgan fingerprint density at radius 2 is 2.00 bits per heavy atom. The first kappa shape index (κ1) is 17.4. The number of pyridine rings is 2. The van der Waals surface area contributed by atoms with Gasteiger partial charge in [-0.05, 0) is 42.0 Å². The number of carbonyl (C=O) groups excluding carboxylic acids is 1. The first-order valence-corrected chi connectivity index (χ1v) is 8.14. The lowest BCUT2D eigenvalue weighted by Gasteiger charge is -2.08. The predicted molar refractivity (Wildman–Crippen MR) is 99.9 cm³/mol. The smallest absolute Gasteiger partial charge is 0.275 e. The van der Waals surface area contributed by atoms with E-state index in [4.69, 9.17) is 16.9 Å². The summed E-state index contributed by atoms with van der Waals surface area (Å²) in [5, 5.41) is 15.3. The number of rotatable bonds is 5. The van der Waals surface area contributed by atoms with Crippen molar-refractivity contribution in [2.45, 2.75) is 6.54 Å². The molecule has 2 N–H and O–H groups in total. The molecule has 0 aliphatic carbocycles. The first-order valence-electron chi connectivity index (χ1n) is 7.76. The highest BCUT2D eigenvalue weighted by molar-refractivity contribution is 6.30. The van der Waals surface area contributed by atoms with Gasteiger partial charge in [-0.15, -0.1) is 0 Å². The van der Waals surface area contributed by atoms with Crippen LogP contribution in [0.25, 0.3) is 0 Å². The van der Waals surface area contributed by atoms with E-state index in [1.54, 1.807) is 18.3 Å². The Morgan fingerprint density at radius 3 is 2.65 bits per heavy atom. The molecule has 0 bridgehead atoms. The summed E-state index contributed by atoms with van der Waals surface area (Å²) in [5.41, 5.74) is 2.50. The molecule has 3 rings (SSSR count). The molecule has 0 radical (unpaired) electrons. The molecule has 1 aromatic carbocycles. The van der Waals surface area contributed by atoms with Crippen molar-refractivity contribution >= 4 is 29.0 Å². The van der Waals surface area contributed by atoms with Gasteiger partial charge in [0.25, 0.3) is 5.91 Å². The average molecular weight is 364 g/mol. The largest absolute Gasteiger partial charge is 0.381 e. The first-order chi connectivity index (χ1) is 12.6. The lowest BCUT2D eigenvalue weighted by atomic mass is 10.2. The number of anilines is 2. The van der Waals surface area contributed by atoms with Crippen molar-refractivity contribution in [3.8, 4) is 6.07 Å². The zero-order chi connectivity index (χ0) is 18.4. The number of benzene rings is 1. The summed E-state index contributed by atoms with van der Waals surface area (Å²) in [7, 11) is 0. The van der Waals surface area contributed by atoms with Gasteiger partial charge < -0.3 is 10.6 Å². The van der Waals surface area contributed by atoms with Crippen LogP contribution in [0, 0.1) is 11.3 Å². The van der Waals surface area contributed by atoms with Crippen LogP contribution >= 0.6 is 11.6 Å². The van der Waals surface area contributed by atoms with Crippen molar-refractivity contribution in [3.05, 3.63) is 82.8 Å². The molecule has 0 aliphatic heterocycles. The number of carbonyl (C=O) groups is 1. The molecule has 2 aromatic heterocycles.